The SMILES string of the molecule is COc1cccc2cc(-c3c[nH]c4ccccc34)c(=O)oc12. The van der Waals surface area contributed by atoms with Gasteiger partial charge < -0.3 is 14.1 Å². The largest absolute Gasteiger partial charge is 0.493 e. The molecule has 0 saturated carbocycles. The van der Waals surface area contributed by atoms with Crippen LogP contribution in [-0.2, 0) is 0 Å². The molecule has 2 aromatic heterocycles. The van der Waals surface area contributed by atoms with Crippen molar-refractivity contribution in [2.24, 2.45) is 0 Å². The first-order chi connectivity index (χ1) is 10.8. The number of aromatic amines is 1. The average Bonchev–Trinajstić information content (AvgIpc) is 2.97. The molecule has 4 aromatic rings. The van der Waals surface area contributed by atoms with Gasteiger partial charge in [-0.2, -0.15) is 0 Å². The molecule has 22 heavy (non-hydrogen) atoms. The van der Waals surface area contributed by atoms with Crippen LogP contribution in [-0.4, -0.2) is 12.1 Å². The number of hydrogen-bond acceptors (Lipinski definition) is 3. The van der Waals surface area contributed by atoms with E-state index in [9.17, 15) is 4.79 Å². The predicted octanol–water partition coefficient (Wildman–Crippen LogP) is 3.95. The van der Waals surface area contributed by atoms with Gasteiger partial charge in [-0.25, -0.2) is 4.79 Å². The Morgan fingerprint density at radius 1 is 1.05 bits per heavy atom. The second-order valence-electron chi connectivity index (χ2n) is 5.07. The van der Waals surface area contributed by atoms with Gasteiger partial charge in [0.15, 0.2) is 11.3 Å². The summed E-state index contributed by atoms with van der Waals surface area (Å²) < 4.78 is 10.7. The summed E-state index contributed by atoms with van der Waals surface area (Å²) in [4.78, 5) is 15.6. The van der Waals surface area contributed by atoms with Gasteiger partial charge in [-0.15, -0.1) is 0 Å². The Kier molecular flexibility index (Phi) is 2.76. The molecule has 0 aliphatic heterocycles. The van der Waals surface area contributed by atoms with E-state index in [1.54, 1.807) is 13.2 Å². The van der Waals surface area contributed by atoms with Gasteiger partial charge in [0.25, 0.3) is 0 Å². The third-order valence-electron chi connectivity index (χ3n) is 3.82. The first-order valence-corrected chi connectivity index (χ1v) is 6.95. The second kappa shape index (κ2) is 4.77. The zero-order valence-corrected chi connectivity index (χ0v) is 11.9. The van der Waals surface area contributed by atoms with Gasteiger partial charge in [0, 0.05) is 28.0 Å². The van der Waals surface area contributed by atoms with E-state index in [1.165, 1.54) is 0 Å². The van der Waals surface area contributed by atoms with Gasteiger partial charge in [-0.3, -0.25) is 0 Å². The number of ether oxygens (including phenoxy) is 1. The van der Waals surface area contributed by atoms with Crippen LogP contribution in [0.5, 0.6) is 5.75 Å². The van der Waals surface area contributed by atoms with Gasteiger partial charge in [-0.1, -0.05) is 30.3 Å². The minimum absolute atomic E-state index is 0.373. The fourth-order valence-corrected chi connectivity index (χ4v) is 2.76. The summed E-state index contributed by atoms with van der Waals surface area (Å²) in [5.74, 6) is 0.556. The van der Waals surface area contributed by atoms with Crippen LogP contribution in [0.2, 0.25) is 0 Å². The topological polar surface area (TPSA) is 55.2 Å². The van der Waals surface area contributed by atoms with Gasteiger partial charge in [-0.05, 0) is 18.2 Å². The first-order valence-electron chi connectivity index (χ1n) is 6.95. The van der Waals surface area contributed by atoms with E-state index < -0.39 is 0 Å². The summed E-state index contributed by atoms with van der Waals surface area (Å²) in [7, 11) is 1.56. The van der Waals surface area contributed by atoms with Crippen LogP contribution < -0.4 is 10.4 Å². The first kappa shape index (κ1) is 12.7. The normalized spacial score (nSPS) is 11.1. The highest BCUT2D eigenvalue weighted by atomic mass is 16.5. The minimum Gasteiger partial charge on any atom is -0.493 e. The zero-order chi connectivity index (χ0) is 15.1. The van der Waals surface area contributed by atoms with Crippen molar-refractivity contribution >= 4 is 21.9 Å². The maximum atomic E-state index is 12.4. The summed E-state index contributed by atoms with van der Waals surface area (Å²) in [5.41, 5.74) is 2.47. The lowest BCUT2D eigenvalue weighted by atomic mass is 10.1. The number of methoxy groups -OCH3 is 1. The maximum Gasteiger partial charge on any atom is 0.344 e. The molecule has 0 spiro atoms. The fourth-order valence-electron chi connectivity index (χ4n) is 2.76. The lowest BCUT2D eigenvalue weighted by Gasteiger charge is -2.05. The van der Waals surface area contributed by atoms with Crippen LogP contribution in [0.4, 0.5) is 0 Å². The molecule has 0 bridgehead atoms. The molecule has 4 rings (SSSR count). The summed E-state index contributed by atoms with van der Waals surface area (Å²) in [6.45, 7) is 0. The third kappa shape index (κ3) is 1.81. The number of fused-ring (bicyclic) bond motifs is 2. The number of aromatic nitrogens is 1. The average molecular weight is 291 g/mol. The fraction of sp³-hybridized carbons (Fsp3) is 0.0556. The van der Waals surface area contributed by atoms with Gasteiger partial charge in [0.2, 0.25) is 0 Å². The van der Waals surface area contributed by atoms with Crippen LogP contribution in [0.25, 0.3) is 33.0 Å². The molecule has 1 N–H and O–H groups in total. The van der Waals surface area contributed by atoms with Crippen molar-refractivity contribution in [3.63, 3.8) is 0 Å². The highest BCUT2D eigenvalue weighted by molar-refractivity contribution is 5.97. The molecular formula is C18H13NO3. The van der Waals surface area contributed by atoms with E-state index in [0.29, 0.717) is 16.9 Å². The van der Waals surface area contributed by atoms with E-state index in [1.807, 2.05) is 48.7 Å². The Labute approximate surface area is 126 Å². The standard InChI is InChI=1S/C18H13NO3/c1-21-16-8-4-5-11-9-13(18(20)22-17(11)16)14-10-19-15-7-3-2-6-12(14)15/h2-10,19H,1H3. The molecule has 0 aliphatic carbocycles. The minimum atomic E-state index is -0.373. The second-order valence-corrected chi connectivity index (χ2v) is 5.07. The van der Waals surface area contributed by atoms with E-state index in [2.05, 4.69) is 4.98 Å². The Morgan fingerprint density at radius 2 is 1.91 bits per heavy atom. The molecule has 0 radical (unpaired) electrons. The van der Waals surface area contributed by atoms with Gasteiger partial charge in [0.05, 0.1) is 12.7 Å². The molecule has 0 fully saturated rings. The number of H-pyrrole nitrogens is 1. The molecule has 2 heterocycles. The summed E-state index contributed by atoms with van der Waals surface area (Å²) in [5, 5.41) is 1.83. The van der Waals surface area contributed by atoms with Crippen LogP contribution in [0.3, 0.4) is 0 Å². The van der Waals surface area contributed by atoms with Gasteiger partial charge >= 0.3 is 5.63 Å². The summed E-state index contributed by atoms with van der Waals surface area (Å²) in [6, 6.07) is 15.3. The zero-order valence-electron chi connectivity index (χ0n) is 11.9. The molecule has 0 unspecified atom stereocenters. The van der Waals surface area contributed by atoms with Crippen molar-refractivity contribution in [3.05, 3.63) is 65.1 Å². The Morgan fingerprint density at radius 3 is 2.77 bits per heavy atom. The number of nitrogens with one attached hydrogen (secondary N) is 1. The molecule has 4 heteroatoms. The highest BCUT2D eigenvalue weighted by Gasteiger charge is 2.13. The monoisotopic (exact) mass is 291 g/mol. The molecule has 0 atom stereocenters. The van der Waals surface area contributed by atoms with Crippen LogP contribution in [0.15, 0.2) is 63.9 Å². The lowest BCUT2D eigenvalue weighted by molar-refractivity contribution is 0.407. The number of rotatable bonds is 2. The summed E-state index contributed by atoms with van der Waals surface area (Å²) >= 11 is 0. The molecule has 2 aromatic carbocycles. The maximum absolute atomic E-state index is 12.4. The Balaban J connectivity index is 2.03. The van der Waals surface area contributed by atoms with Crippen molar-refractivity contribution in [2.75, 3.05) is 7.11 Å². The van der Waals surface area contributed by atoms with Crippen molar-refractivity contribution in [1.82, 2.24) is 4.98 Å². The highest BCUT2D eigenvalue weighted by Crippen LogP contribution is 2.30. The third-order valence-corrected chi connectivity index (χ3v) is 3.82. The van der Waals surface area contributed by atoms with Gasteiger partial charge in [0.1, 0.15) is 0 Å². The quantitative estimate of drug-likeness (QED) is 0.569. The van der Waals surface area contributed by atoms with Crippen molar-refractivity contribution in [1.29, 1.82) is 0 Å². The van der Waals surface area contributed by atoms with E-state index in [4.69, 9.17) is 9.15 Å². The number of benzene rings is 2. The molecule has 0 saturated heterocycles. The predicted molar refractivity (Wildman–Crippen MR) is 86.3 cm³/mol. The number of para-hydroxylation sites is 2. The van der Waals surface area contributed by atoms with Crippen LogP contribution in [0, 0.1) is 0 Å². The number of hydrogen-bond donors (Lipinski definition) is 1. The Bertz CT molecular complexity index is 1040. The molecule has 4 nitrogen and oxygen atoms in total. The molecule has 0 aliphatic rings. The van der Waals surface area contributed by atoms with E-state index in [-0.39, 0.29) is 5.63 Å². The smallest absolute Gasteiger partial charge is 0.344 e. The van der Waals surface area contributed by atoms with E-state index in [0.717, 1.165) is 21.9 Å². The lowest BCUT2D eigenvalue weighted by Crippen LogP contribution is -2.03. The van der Waals surface area contributed by atoms with Crippen LogP contribution in [0.1, 0.15) is 0 Å². The van der Waals surface area contributed by atoms with Crippen molar-refractivity contribution in [3.8, 4) is 16.9 Å². The summed E-state index contributed by atoms with van der Waals surface area (Å²) in [6.07, 6.45) is 1.84. The molecule has 108 valence electrons. The Hall–Kier alpha value is -3.01. The van der Waals surface area contributed by atoms with Crippen molar-refractivity contribution < 1.29 is 9.15 Å². The molecule has 0 amide bonds. The van der Waals surface area contributed by atoms with E-state index >= 15 is 0 Å². The molecular weight excluding hydrogens is 278 g/mol. The van der Waals surface area contributed by atoms with Crippen molar-refractivity contribution in [2.45, 2.75) is 0 Å². The van der Waals surface area contributed by atoms with Crippen LogP contribution >= 0.6 is 0 Å².